The topological polar surface area (TPSA) is 52.9 Å². The van der Waals surface area contributed by atoms with Gasteiger partial charge in [0.1, 0.15) is 0 Å². The molecule has 1 aliphatic heterocycles. The van der Waals surface area contributed by atoms with Crippen molar-refractivity contribution in [1.82, 2.24) is 4.90 Å². The van der Waals surface area contributed by atoms with E-state index in [0.29, 0.717) is 11.8 Å². The van der Waals surface area contributed by atoms with E-state index in [9.17, 15) is 10.2 Å². The lowest BCUT2D eigenvalue weighted by molar-refractivity contribution is 0.0371. The predicted molar refractivity (Wildman–Crippen MR) is 123 cm³/mol. The molecular formula is C26H45NO3. The Bertz CT molecular complexity index is 540. The minimum Gasteiger partial charge on any atom is -0.392 e. The summed E-state index contributed by atoms with van der Waals surface area (Å²) in [6, 6.07) is 0. The van der Waals surface area contributed by atoms with Crippen LogP contribution in [0.15, 0.2) is 23.8 Å². The standard InChI is InChI=1S/C26H45NO3/c1-2-3-6-10-23(28)11-12-24-25-19-21(18-22(25)20-26(24)29)9-7-4-5-8-13-27-14-16-30-17-15-27/h11-12,18,22-26,28-29H,2-10,13-17,19-20H2,1H3/b12-11+/t22-,23-,24+,25-,26+/m0/s1. The summed E-state index contributed by atoms with van der Waals surface area (Å²) in [5, 5.41) is 20.7. The van der Waals surface area contributed by atoms with Gasteiger partial charge in [-0.05, 0) is 56.9 Å². The molecule has 3 rings (SSSR count). The molecule has 0 radical (unpaired) electrons. The van der Waals surface area contributed by atoms with Crippen LogP contribution in [0, 0.1) is 17.8 Å². The molecule has 4 nitrogen and oxygen atoms in total. The van der Waals surface area contributed by atoms with Crippen molar-refractivity contribution >= 4 is 0 Å². The molecule has 2 N–H and O–H groups in total. The maximum Gasteiger partial charge on any atom is 0.0721 e. The van der Waals surface area contributed by atoms with Crippen molar-refractivity contribution in [2.24, 2.45) is 17.8 Å². The number of allylic oxidation sites excluding steroid dienone is 2. The molecule has 4 heteroatoms. The SMILES string of the molecule is CCCCC[C@H](O)/C=C/[C@@H]1[C@H]2CC(CCCCCCN3CCOCC3)=C[C@H]2C[C@H]1O. The first-order valence-electron chi connectivity index (χ1n) is 12.7. The highest BCUT2D eigenvalue weighted by atomic mass is 16.5. The summed E-state index contributed by atoms with van der Waals surface area (Å²) < 4.78 is 5.41. The number of nitrogens with zero attached hydrogens (tertiary/aromatic N) is 1. The second-order valence-electron chi connectivity index (χ2n) is 9.80. The summed E-state index contributed by atoms with van der Waals surface area (Å²) >= 11 is 0. The lowest BCUT2D eigenvalue weighted by atomic mass is 9.88. The van der Waals surface area contributed by atoms with Gasteiger partial charge in [0.15, 0.2) is 0 Å². The minimum atomic E-state index is -0.353. The van der Waals surface area contributed by atoms with Crippen molar-refractivity contribution in [3.05, 3.63) is 23.8 Å². The molecule has 3 aliphatic rings. The monoisotopic (exact) mass is 419 g/mol. The predicted octanol–water partition coefficient (Wildman–Crippen LogP) is 4.71. The van der Waals surface area contributed by atoms with Crippen LogP contribution in [0.4, 0.5) is 0 Å². The molecule has 5 atom stereocenters. The van der Waals surface area contributed by atoms with Crippen LogP contribution >= 0.6 is 0 Å². The highest BCUT2D eigenvalue weighted by molar-refractivity contribution is 5.20. The number of unbranched alkanes of at least 4 members (excludes halogenated alkanes) is 5. The number of rotatable bonds is 13. The molecule has 2 fully saturated rings. The molecule has 1 saturated heterocycles. The Morgan fingerprint density at radius 3 is 2.73 bits per heavy atom. The summed E-state index contributed by atoms with van der Waals surface area (Å²) in [5.74, 6) is 1.32. The highest BCUT2D eigenvalue weighted by Gasteiger charge is 2.43. The van der Waals surface area contributed by atoms with Crippen LogP contribution in [0.2, 0.25) is 0 Å². The van der Waals surface area contributed by atoms with E-state index in [2.05, 4.69) is 24.0 Å². The van der Waals surface area contributed by atoms with E-state index in [1.165, 1.54) is 51.5 Å². The maximum atomic E-state index is 10.5. The second kappa shape index (κ2) is 13.0. The molecule has 1 heterocycles. The maximum absolute atomic E-state index is 10.5. The summed E-state index contributed by atoms with van der Waals surface area (Å²) in [7, 11) is 0. The highest BCUT2D eigenvalue weighted by Crippen LogP contribution is 2.48. The van der Waals surface area contributed by atoms with E-state index in [1.54, 1.807) is 5.57 Å². The van der Waals surface area contributed by atoms with Crippen molar-refractivity contribution in [1.29, 1.82) is 0 Å². The molecule has 0 aromatic rings. The van der Waals surface area contributed by atoms with Gasteiger partial charge in [0.2, 0.25) is 0 Å². The molecular weight excluding hydrogens is 374 g/mol. The lowest BCUT2D eigenvalue weighted by Gasteiger charge is -2.26. The van der Waals surface area contributed by atoms with E-state index in [1.807, 2.05) is 6.08 Å². The Balaban J connectivity index is 1.31. The number of morpholine rings is 1. The molecule has 0 aromatic carbocycles. The molecule has 0 bridgehead atoms. The van der Waals surface area contributed by atoms with Gasteiger partial charge in [-0.15, -0.1) is 0 Å². The molecule has 1 saturated carbocycles. The summed E-state index contributed by atoms with van der Waals surface area (Å²) in [6.07, 6.45) is 18.8. The summed E-state index contributed by atoms with van der Waals surface area (Å²) in [4.78, 5) is 2.53. The fraction of sp³-hybridized carbons (Fsp3) is 0.846. The van der Waals surface area contributed by atoms with Crippen LogP contribution in [0.5, 0.6) is 0 Å². The number of ether oxygens (including phenoxy) is 1. The van der Waals surface area contributed by atoms with E-state index < -0.39 is 0 Å². The average Bonchev–Trinajstić information content (AvgIpc) is 3.26. The van der Waals surface area contributed by atoms with Crippen molar-refractivity contribution < 1.29 is 14.9 Å². The fourth-order valence-corrected chi connectivity index (χ4v) is 5.61. The quantitative estimate of drug-likeness (QED) is 0.335. The Hall–Kier alpha value is -0.680. The third-order valence-electron chi connectivity index (χ3n) is 7.43. The molecule has 0 amide bonds. The zero-order chi connectivity index (χ0) is 21.2. The van der Waals surface area contributed by atoms with Gasteiger partial charge in [0.05, 0.1) is 25.4 Å². The molecule has 2 aliphatic carbocycles. The third kappa shape index (κ3) is 7.47. The third-order valence-corrected chi connectivity index (χ3v) is 7.43. The van der Waals surface area contributed by atoms with Crippen LogP contribution in [-0.2, 0) is 4.74 Å². The van der Waals surface area contributed by atoms with Gasteiger partial charge in [-0.1, -0.05) is 62.8 Å². The smallest absolute Gasteiger partial charge is 0.0721 e. The molecule has 30 heavy (non-hydrogen) atoms. The number of fused-ring (bicyclic) bond motifs is 1. The van der Waals surface area contributed by atoms with E-state index in [-0.39, 0.29) is 18.1 Å². The lowest BCUT2D eigenvalue weighted by Crippen LogP contribution is -2.36. The van der Waals surface area contributed by atoms with Gasteiger partial charge >= 0.3 is 0 Å². The molecule has 0 spiro atoms. The minimum absolute atomic E-state index is 0.220. The zero-order valence-electron chi connectivity index (χ0n) is 19.2. The van der Waals surface area contributed by atoms with Crippen molar-refractivity contribution in [3.8, 4) is 0 Å². The molecule has 0 aromatic heterocycles. The Kier molecular flexibility index (Phi) is 10.4. The van der Waals surface area contributed by atoms with Gasteiger partial charge in [-0.2, -0.15) is 0 Å². The first-order chi connectivity index (χ1) is 14.7. The van der Waals surface area contributed by atoms with E-state index in [4.69, 9.17) is 4.74 Å². The van der Waals surface area contributed by atoms with Crippen LogP contribution in [-0.4, -0.2) is 60.2 Å². The van der Waals surface area contributed by atoms with Gasteiger partial charge < -0.3 is 14.9 Å². The largest absolute Gasteiger partial charge is 0.392 e. The number of hydrogen-bond donors (Lipinski definition) is 2. The van der Waals surface area contributed by atoms with Crippen molar-refractivity contribution in [3.63, 3.8) is 0 Å². The Morgan fingerprint density at radius 1 is 1.13 bits per heavy atom. The van der Waals surface area contributed by atoms with Crippen molar-refractivity contribution in [2.45, 2.75) is 89.8 Å². The van der Waals surface area contributed by atoms with Crippen LogP contribution in [0.3, 0.4) is 0 Å². The normalized spacial score (nSPS) is 30.7. The van der Waals surface area contributed by atoms with E-state index in [0.717, 1.165) is 52.0 Å². The summed E-state index contributed by atoms with van der Waals surface area (Å²) in [6.45, 7) is 7.43. The summed E-state index contributed by atoms with van der Waals surface area (Å²) in [5.41, 5.74) is 1.62. The molecule has 172 valence electrons. The Morgan fingerprint density at radius 2 is 1.93 bits per heavy atom. The van der Waals surface area contributed by atoms with Crippen LogP contribution in [0.1, 0.15) is 77.6 Å². The van der Waals surface area contributed by atoms with E-state index >= 15 is 0 Å². The van der Waals surface area contributed by atoms with Gasteiger partial charge in [-0.3, -0.25) is 4.90 Å². The first kappa shape index (κ1) is 24.0. The zero-order valence-corrected chi connectivity index (χ0v) is 19.2. The van der Waals surface area contributed by atoms with Gasteiger partial charge in [0, 0.05) is 19.0 Å². The van der Waals surface area contributed by atoms with Crippen LogP contribution < -0.4 is 0 Å². The van der Waals surface area contributed by atoms with Crippen LogP contribution in [0.25, 0.3) is 0 Å². The number of hydrogen-bond acceptors (Lipinski definition) is 4. The Labute approximate surface area is 184 Å². The van der Waals surface area contributed by atoms with Gasteiger partial charge in [0.25, 0.3) is 0 Å². The fourth-order valence-electron chi connectivity index (χ4n) is 5.61. The van der Waals surface area contributed by atoms with Gasteiger partial charge in [-0.25, -0.2) is 0 Å². The second-order valence-corrected chi connectivity index (χ2v) is 9.80. The first-order valence-corrected chi connectivity index (χ1v) is 12.7. The van der Waals surface area contributed by atoms with Crippen molar-refractivity contribution in [2.75, 3.05) is 32.8 Å². The number of aliphatic hydroxyl groups excluding tert-OH is 2. The number of aliphatic hydroxyl groups is 2. The molecule has 0 unspecified atom stereocenters. The average molecular weight is 420 g/mol.